The standard InChI is InChI=1S/C14H20ClN3O/c1-10-2-3-12(15)6-13(10)18-5-4-11(9-18)8-17-14(19)7-16/h2-3,6,11H,4-5,7-9,16H2,1H3,(H,17,19). The third-order valence-electron chi connectivity index (χ3n) is 3.57. The van der Waals surface area contributed by atoms with Gasteiger partial charge in [0.1, 0.15) is 0 Å². The molecule has 0 aromatic heterocycles. The highest BCUT2D eigenvalue weighted by atomic mass is 35.5. The van der Waals surface area contributed by atoms with Crippen molar-refractivity contribution in [3.05, 3.63) is 28.8 Å². The molecular formula is C14H20ClN3O. The predicted octanol–water partition coefficient (Wildman–Crippen LogP) is 1.55. The summed E-state index contributed by atoms with van der Waals surface area (Å²) in [6, 6.07) is 5.97. The van der Waals surface area contributed by atoms with Gasteiger partial charge in [-0.1, -0.05) is 17.7 Å². The number of rotatable bonds is 4. The minimum atomic E-state index is -0.0858. The monoisotopic (exact) mass is 281 g/mol. The largest absolute Gasteiger partial charge is 0.371 e. The van der Waals surface area contributed by atoms with Crippen LogP contribution in [-0.4, -0.2) is 32.1 Å². The van der Waals surface area contributed by atoms with Gasteiger partial charge in [0.15, 0.2) is 0 Å². The van der Waals surface area contributed by atoms with Crippen molar-refractivity contribution in [1.29, 1.82) is 0 Å². The van der Waals surface area contributed by atoms with E-state index in [0.717, 1.165) is 24.5 Å². The maximum atomic E-state index is 11.2. The van der Waals surface area contributed by atoms with Gasteiger partial charge in [-0.3, -0.25) is 4.79 Å². The fraction of sp³-hybridized carbons (Fsp3) is 0.500. The van der Waals surface area contributed by atoms with Crippen LogP contribution in [0.4, 0.5) is 5.69 Å². The molecule has 1 aromatic rings. The molecule has 0 aliphatic carbocycles. The fourth-order valence-corrected chi connectivity index (χ4v) is 2.64. The smallest absolute Gasteiger partial charge is 0.233 e. The number of carbonyl (C=O) groups excluding carboxylic acids is 1. The van der Waals surface area contributed by atoms with Crippen LogP contribution in [0.15, 0.2) is 18.2 Å². The highest BCUT2D eigenvalue weighted by molar-refractivity contribution is 6.30. The molecule has 4 nitrogen and oxygen atoms in total. The number of nitrogens with two attached hydrogens (primary N) is 1. The van der Waals surface area contributed by atoms with E-state index in [9.17, 15) is 4.79 Å². The Bertz CT molecular complexity index is 464. The summed E-state index contributed by atoms with van der Waals surface area (Å²) in [7, 11) is 0. The average molecular weight is 282 g/mol. The quantitative estimate of drug-likeness (QED) is 0.880. The number of nitrogens with zero attached hydrogens (tertiary/aromatic N) is 1. The number of benzene rings is 1. The van der Waals surface area contributed by atoms with Gasteiger partial charge in [-0.2, -0.15) is 0 Å². The van der Waals surface area contributed by atoms with Crippen LogP contribution in [-0.2, 0) is 4.79 Å². The van der Waals surface area contributed by atoms with Gasteiger partial charge in [0.05, 0.1) is 6.54 Å². The molecule has 2 rings (SSSR count). The second-order valence-corrected chi connectivity index (χ2v) is 5.48. The van der Waals surface area contributed by atoms with Crippen LogP contribution in [0, 0.1) is 12.8 Å². The molecule has 1 heterocycles. The number of nitrogens with one attached hydrogen (secondary N) is 1. The third-order valence-corrected chi connectivity index (χ3v) is 3.81. The molecule has 1 aromatic carbocycles. The number of hydrogen-bond acceptors (Lipinski definition) is 3. The maximum Gasteiger partial charge on any atom is 0.233 e. The van der Waals surface area contributed by atoms with Crippen molar-refractivity contribution in [2.75, 3.05) is 31.1 Å². The number of hydrogen-bond donors (Lipinski definition) is 2. The van der Waals surface area contributed by atoms with E-state index in [2.05, 4.69) is 17.1 Å². The Balaban J connectivity index is 1.94. The summed E-state index contributed by atoms with van der Waals surface area (Å²) < 4.78 is 0. The van der Waals surface area contributed by atoms with Gasteiger partial charge in [0.2, 0.25) is 5.91 Å². The third kappa shape index (κ3) is 3.61. The van der Waals surface area contributed by atoms with Gasteiger partial charge in [-0.05, 0) is 37.0 Å². The zero-order valence-electron chi connectivity index (χ0n) is 11.2. The zero-order valence-corrected chi connectivity index (χ0v) is 11.9. The van der Waals surface area contributed by atoms with Crippen molar-refractivity contribution in [2.24, 2.45) is 11.7 Å². The molecule has 0 spiro atoms. The van der Waals surface area contributed by atoms with Crippen LogP contribution in [0.25, 0.3) is 0 Å². The normalized spacial score (nSPS) is 18.7. The minimum absolute atomic E-state index is 0.0594. The Morgan fingerprint density at radius 2 is 2.37 bits per heavy atom. The first-order valence-electron chi connectivity index (χ1n) is 6.58. The van der Waals surface area contributed by atoms with E-state index in [1.165, 1.54) is 11.3 Å². The SMILES string of the molecule is Cc1ccc(Cl)cc1N1CCC(CNC(=O)CN)C1. The summed E-state index contributed by atoms with van der Waals surface area (Å²) in [6.07, 6.45) is 1.08. The van der Waals surface area contributed by atoms with Gasteiger partial charge in [0, 0.05) is 30.3 Å². The van der Waals surface area contributed by atoms with Gasteiger partial charge in [-0.25, -0.2) is 0 Å². The van der Waals surface area contributed by atoms with Gasteiger partial charge in [-0.15, -0.1) is 0 Å². The van der Waals surface area contributed by atoms with E-state index in [-0.39, 0.29) is 12.5 Å². The topological polar surface area (TPSA) is 58.4 Å². The lowest BCUT2D eigenvalue weighted by Crippen LogP contribution is -2.35. The van der Waals surface area contributed by atoms with E-state index in [1.54, 1.807) is 0 Å². The summed E-state index contributed by atoms with van der Waals surface area (Å²) in [5, 5.41) is 3.62. The molecular weight excluding hydrogens is 262 g/mol. The fourth-order valence-electron chi connectivity index (χ4n) is 2.47. The molecule has 0 radical (unpaired) electrons. The van der Waals surface area contributed by atoms with Crippen LogP contribution in [0.2, 0.25) is 5.02 Å². The molecule has 0 saturated carbocycles. The van der Waals surface area contributed by atoms with Gasteiger partial charge < -0.3 is 16.0 Å². The van der Waals surface area contributed by atoms with Crippen molar-refractivity contribution in [3.8, 4) is 0 Å². The number of amides is 1. The van der Waals surface area contributed by atoms with Crippen molar-refractivity contribution in [3.63, 3.8) is 0 Å². The maximum absolute atomic E-state index is 11.2. The lowest BCUT2D eigenvalue weighted by molar-refractivity contribution is -0.119. The van der Waals surface area contributed by atoms with Gasteiger partial charge in [0.25, 0.3) is 0 Å². The molecule has 1 unspecified atom stereocenters. The average Bonchev–Trinajstić information content (AvgIpc) is 2.87. The summed E-state index contributed by atoms with van der Waals surface area (Å²) in [6.45, 7) is 4.81. The van der Waals surface area contributed by atoms with E-state index >= 15 is 0 Å². The Morgan fingerprint density at radius 1 is 1.58 bits per heavy atom. The second-order valence-electron chi connectivity index (χ2n) is 5.04. The van der Waals surface area contributed by atoms with Gasteiger partial charge >= 0.3 is 0 Å². The number of halogens is 1. The Labute approximate surface area is 118 Å². The summed E-state index contributed by atoms with van der Waals surface area (Å²) in [5.74, 6) is 0.395. The molecule has 1 fully saturated rings. The first kappa shape index (κ1) is 14.2. The molecule has 0 bridgehead atoms. The molecule has 1 amide bonds. The van der Waals surface area contributed by atoms with Crippen molar-refractivity contribution in [2.45, 2.75) is 13.3 Å². The Hall–Kier alpha value is -1.26. The molecule has 3 N–H and O–H groups in total. The first-order chi connectivity index (χ1) is 9.10. The lowest BCUT2D eigenvalue weighted by Gasteiger charge is -2.21. The minimum Gasteiger partial charge on any atom is -0.371 e. The van der Waals surface area contributed by atoms with Crippen LogP contribution in [0.3, 0.4) is 0 Å². The van der Waals surface area contributed by atoms with Crippen LogP contribution < -0.4 is 16.0 Å². The van der Waals surface area contributed by atoms with Crippen LogP contribution in [0.1, 0.15) is 12.0 Å². The van der Waals surface area contributed by atoms with Crippen molar-refractivity contribution >= 4 is 23.2 Å². The molecule has 19 heavy (non-hydrogen) atoms. The van der Waals surface area contributed by atoms with Crippen molar-refractivity contribution < 1.29 is 4.79 Å². The Kier molecular flexibility index (Phi) is 4.66. The van der Waals surface area contributed by atoms with Crippen molar-refractivity contribution in [1.82, 2.24) is 5.32 Å². The van der Waals surface area contributed by atoms with E-state index in [1.807, 2.05) is 18.2 Å². The zero-order chi connectivity index (χ0) is 13.8. The Morgan fingerprint density at radius 3 is 3.11 bits per heavy atom. The van der Waals surface area contributed by atoms with Crippen LogP contribution in [0.5, 0.6) is 0 Å². The number of anilines is 1. The molecule has 1 aliphatic rings. The molecule has 1 aliphatic heterocycles. The van der Waals surface area contributed by atoms with E-state index in [4.69, 9.17) is 17.3 Å². The number of carbonyl (C=O) groups is 1. The second kappa shape index (κ2) is 6.26. The summed E-state index contributed by atoms with van der Waals surface area (Å²) >= 11 is 6.06. The lowest BCUT2D eigenvalue weighted by atomic mass is 10.1. The molecule has 1 atom stereocenters. The molecule has 104 valence electrons. The summed E-state index contributed by atoms with van der Waals surface area (Å²) in [5.41, 5.74) is 7.70. The summed E-state index contributed by atoms with van der Waals surface area (Å²) in [4.78, 5) is 13.5. The molecule has 5 heteroatoms. The highest BCUT2D eigenvalue weighted by Gasteiger charge is 2.23. The first-order valence-corrected chi connectivity index (χ1v) is 6.96. The predicted molar refractivity (Wildman–Crippen MR) is 78.6 cm³/mol. The number of aryl methyl sites for hydroxylation is 1. The highest BCUT2D eigenvalue weighted by Crippen LogP contribution is 2.29. The van der Waals surface area contributed by atoms with E-state index in [0.29, 0.717) is 12.5 Å². The van der Waals surface area contributed by atoms with Crippen LogP contribution >= 0.6 is 11.6 Å². The van der Waals surface area contributed by atoms with E-state index < -0.39 is 0 Å². The molecule has 1 saturated heterocycles.